The summed E-state index contributed by atoms with van der Waals surface area (Å²) in [5, 5.41) is 13.8. The van der Waals surface area contributed by atoms with Gasteiger partial charge in [0.15, 0.2) is 0 Å². The van der Waals surface area contributed by atoms with Gasteiger partial charge in [-0.05, 0) is 37.1 Å². The van der Waals surface area contributed by atoms with Crippen LogP contribution in [0.2, 0.25) is 0 Å². The van der Waals surface area contributed by atoms with Crippen LogP contribution in [0.15, 0.2) is 47.4 Å². The molecule has 2 aromatic rings. The minimum absolute atomic E-state index is 0.00693. The van der Waals surface area contributed by atoms with Gasteiger partial charge in [0.25, 0.3) is 5.69 Å². The molecule has 0 unspecified atom stereocenters. The lowest BCUT2D eigenvalue weighted by atomic mass is 10.1. The van der Waals surface area contributed by atoms with E-state index in [4.69, 9.17) is 0 Å². The van der Waals surface area contributed by atoms with Crippen molar-refractivity contribution in [3.63, 3.8) is 0 Å². The van der Waals surface area contributed by atoms with E-state index in [1.54, 1.807) is 0 Å². The number of benzene rings is 2. The van der Waals surface area contributed by atoms with Crippen LogP contribution in [0.4, 0.5) is 5.69 Å². The van der Waals surface area contributed by atoms with Gasteiger partial charge in [-0.1, -0.05) is 23.8 Å². The molecule has 0 saturated carbocycles. The monoisotopic (exact) mass is 363 g/mol. The van der Waals surface area contributed by atoms with Crippen LogP contribution in [0.3, 0.4) is 0 Å². The van der Waals surface area contributed by atoms with E-state index in [2.05, 4.69) is 22.2 Å². The minimum atomic E-state index is -3.67. The number of rotatable bonds is 8. The fraction of sp³-hybridized carbons (Fsp3) is 0.294. The lowest BCUT2D eigenvalue weighted by molar-refractivity contribution is -0.384. The maximum Gasteiger partial charge on any atom is 0.269 e. The number of nitro benzene ring substituents is 1. The van der Waals surface area contributed by atoms with Crippen LogP contribution in [0.5, 0.6) is 0 Å². The largest absolute Gasteiger partial charge is 0.311 e. The van der Waals surface area contributed by atoms with E-state index in [1.807, 2.05) is 19.9 Å². The second-order valence-electron chi connectivity index (χ2n) is 5.76. The number of nitro groups is 1. The van der Waals surface area contributed by atoms with E-state index in [0.29, 0.717) is 13.1 Å². The van der Waals surface area contributed by atoms with E-state index in [-0.39, 0.29) is 17.1 Å². The molecule has 25 heavy (non-hydrogen) atoms. The number of nitrogens with zero attached hydrogens (tertiary/aromatic N) is 1. The Morgan fingerprint density at radius 2 is 1.72 bits per heavy atom. The Hall–Kier alpha value is -2.29. The Morgan fingerprint density at radius 1 is 1.04 bits per heavy atom. The Bertz CT molecular complexity index is 849. The Balaban J connectivity index is 1.83. The van der Waals surface area contributed by atoms with Crippen LogP contribution in [-0.4, -0.2) is 26.4 Å². The van der Waals surface area contributed by atoms with Gasteiger partial charge in [-0.3, -0.25) is 10.1 Å². The number of nitrogens with one attached hydrogen (secondary N) is 2. The Morgan fingerprint density at radius 3 is 2.32 bits per heavy atom. The quantitative estimate of drug-likeness (QED) is 0.426. The summed E-state index contributed by atoms with van der Waals surface area (Å²) in [6.45, 7) is 5.44. The van der Waals surface area contributed by atoms with Crippen molar-refractivity contribution in [1.82, 2.24) is 10.0 Å². The summed E-state index contributed by atoms with van der Waals surface area (Å²) in [4.78, 5) is 10.0. The summed E-state index contributed by atoms with van der Waals surface area (Å²) in [5.41, 5.74) is 3.42. The van der Waals surface area contributed by atoms with Crippen LogP contribution >= 0.6 is 0 Å². The zero-order valence-corrected chi connectivity index (χ0v) is 15.0. The summed E-state index contributed by atoms with van der Waals surface area (Å²) in [5.74, 6) is 0. The average Bonchev–Trinajstić information content (AvgIpc) is 2.56. The molecule has 2 rings (SSSR count). The van der Waals surface area contributed by atoms with Gasteiger partial charge in [0.1, 0.15) is 0 Å². The molecule has 2 N–H and O–H groups in total. The van der Waals surface area contributed by atoms with Gasteiger partial charge < -0.3 is 5.32 Å². The molecule has 0 bridgehead atoms. The predicted octanol–water partition coefficient (Wildman–Crippen LogP) is 2.28. The number of aryl methyl sites for hydroxylation is 2. The zero-order chi connectivity index (χ0) is 18.4. The molecule has 134 valence electrons. The third-order valence-corrected chi connectivity index (χ3v) is 5.24. The van der Waals surface area contributed by atoms with E-state index in [1.165, 1.54) is 41.0 Å². The van der Waals surface area contributed by atoms with Crippen molar-refractivity contribution in [2.24, 2.45) is 0 Å². The smallest absolute Gasteiger partial charge is 0.269 e. The zero-order valence-electron chi connectivity index (χ0n) is 14.2. The first-order chi connectivity index (χ1) is 11.8. The number of sulfonamides is 1. The molecule has 0 aliphatic rings. The van der Waals surface area contributed by atoms with E-state index < -0.39 is 14.9 Å². The third kappa shape index (κ3) is 5.35. The molecule has 7 nitrogen and oxygen atoms in total. The molecular weight excluding hydrogens is 342 g/mol. The molecule has 0 saturated heterocycles. The molecule has 0 aromatic heterocycles. The van der Waals surface area contributed by atoms with Crippen molar-refractivity contribution in [2.75, 3.05) is 13.1 Å². The molecule has 0 amide bonds. The van der Waals surface area contributed by atoms with Gasteiger partial charge in [0, 0.05) is 31.8 Å². The molecule has 0 heterocycles. The Labute approximate surface area is 147 Å². The van der Waals surface area contributed by atoms with E-state index in [0.717, 1.165) is 0 Å². The predicted molar refractivity (Wildman–Crippen MR) is 95.9 cm³/mol. The first-order valence-corrected chi connectivity index (χ1v) is 9.29. The molecule has 0 radical (unpaired) electrons. The van der Waals surface area contributed by atoms with Crippen LogP contribution in [-0.2, 0) is 16.6 Å². The number of non-ortho nitro benzene ring substituents is 1. The molecule has 0 atom stereocenters. The summed E-state index contributed by atoms with van der Waals surface area (Å²) >= 11 is 0. The number of hydrogen-bond donors (Lipinski definition) is 2. The first kappa shape index (κ1) is 19.0. The fourth-order valence-corrected chi connectivity index (χ4v) is 3.40. The Kier molecular flexibility index (Phi) is 6.24. The summed E-state index contributed by atoms with van der Waals surface area (Å²) < 4.78 is 26.7. The van der Waals surface area contributed by atoms with Crippen LogP contribution in [0, 0.1) is 24.0 Å². The standard InChI is InChI=1S/C17H21N3O4S/c1-13-3-4-15(14(2)11-13)12-18-9-10-19-25(23,24)17-7-5-16(6-8-17)20(21)22/h3-8,11,18-19H,9-10,12H2,1-2H3. The maximum absolute atomic E-state index is 12.1. The minimum Gasteiger partial charge on any atom is -0.311 e. The van der Waals surface area contributed by atoms with Crippen molar-refractivity contribution in [3.05, 3.63) is 69.3 Å². The molecule has 0 aliphatic heterocycles. The van der Waals surface area contributed by atoms with E-state index in [9.17, 15) is 18.5 Å². The SMILES string of the molecule is Cc1ccc(CNCCNS(=O)(=O)c2ccc([N+](=O)[O-])cc2)c(C)c1. The molecule has 2 aromatic carbocycles. The van der Waals surface area contributed by atoms with E-state index >= 15 is 0 Å². The van der Waals surface area contributed by atoms with Gasteiger partial charge in [-0.2, -0.15) is 0 Å². The topological polar surface area (TPSA) is 101 Å². The highest BCUT2D eigenvalue weighted by molar-refractivity contribution is 7.89. The summed E-state index contributed by atoms with van der Waals surface area (Å²) in [6.07, 6.45) is 0. The van der Waals surface area contributed by atoms with Gasteiger partial charge in [0.2, 0.25) is 10.0 Å². The van der Waals surface area contributed by atoms with Gasteiger partial charge in [-0.25, -0.2) is 13.1 Å². The van der Waals surface area contributed by atoms with Gasteiger partial charge in [0.05, 0.1) is 9.82 Å². The lowest BCUT2D eigenvalue weighted by Crippen LogP contribution is -2.31. The molecule has 8 heteroatoms. The van der Waals surface area contributed by atoms with Crippen molar-refractivity contribution in [3.8, 4) is 0 Å². The van der Waals surface area contributed by atoms with Crippen molar-refractivity contribution < 1.29 is 13.3 Å². The second-order valence-corrected chi connectivity index (χ2v) is 7.52. The van der Waals surface area contributed by atoms with Gasteiger partial charge >= 0.3 is 0 Å². The van der Waals surface area contributed by atoms with Crippen LogP contribution < -0.4 is 10.0 Å². The van der Waals surface area contributed by atoms with Crippen LogP contribution in [0.25, 0.3) is 0 Å². The van der Waals surface area contributed by atoms with Crippen molar-refractivity contribution >= 4 is 15.7 Å². The number of hydrogen-bond acceptors (Lipinski definition) is 5. The van der Waals surface area contributed by atoms with Gasteiger partial charge in [-0.15, -0.1) is 0 Å². The highest BCUT2D eigenvalue weighted by atomic mass is 32.2. The molecule has 0 aliphatic carbocycles. The fourth-order valence-electron chi connectivity index (χ4n) is 2.37. The average molecular weight is 363 g/mol. The third-order valence-electron chi connectivity index (χ3n) is 3.77. The normalized spacial score (nSPS) is 11.4. The molecule has 0 spiro atoms. The second kappa shape index (κ2) is 8.19. The highest BCUT2D eigenvalue weighted by Crippen LogP contribution is 2.15. The highest BCUT2D eigenvalue weighted by Gasteiger charge is 2.15. The summed E-state index contributed by atoms with van der Waals surface area (Å²) in [6, 6.07) is 11.0. The first-order valence-electron chi connectivity index (χ1n) is 7.80. The lowest BCUT2D eigenvalue weighted by Gasteiger charge is -2.10. The van der Waals surface area contributed by atoms with Crippen molar-refractivity contribution in [2.45, 2.75) is 25.3 Å². The maximum atomic E-state index is 12.1. The van der Waals surface area contributed by atoms with Crippen molar-refractivity contribution in [1.29, 1.82) is 0 Å². The van der Waals surface area contributed by atoms with Crippen LogP contribution in [0.1, 0.15) is 16.7 Å². The summed E-state index contributed by atoms with van der Waals surface area (Å²) in [7, 11) is -3.67. The molecular formula is C17H21N3O4S. The molecule has 0 fully saturated rings.